The Labute approximate surface area is 291 Å². The van der Waals surface area contributed by atoms with Crippen LogP contribution in [-0.4, -0.2) is 4.57 Å². The van der Waals surface area contributed by atoms with Gasteiger partial charge in [0.2, 0.25) is 0 Å². The molecule has 0 saturated heterocycles. The number of fused-ring (bicyclic) bond motifs is 8. The molecule has 0 atom stereocenters. The van der Waals surface area contributed by atoms with Gasteiger partial charge >= 0.3 is 0 Å². The highest BCUT2D eigenvalue weighted by atomic mass is 79.9. The van der Waals surface area contributed by atoms with E-state index in [1.165, 1.54) is 96.3 Å². The van der Waals surface area contributed by atoms with Crippen LogP contribution in [0.25, 0.3) is 79.6 Å². The first-order chi connectivity index (χ1) is 23.5. The van der Waals surface area contributed by atoms with E-state index < -0.39 is 0 Å². The maximum Gasteiger partial charge on any atom is 0.0541 e. The molecule has 9 aromatic rings. The smallest absolute Gasteiger partial charge is 0.0541 e. The molecule has 0 aliphatic heterocycles. The molecule has 0 spiro atoms. The molecule has 0 bridgehead atoms. The monoisotopic (exact) mass is 695 g/mol. The van der Waals surface area contributed by atoms with Crippen molar-refractivity contribution in [2.75, 3.05) is 0 Å². The van der Waals surface area contributed by atoms with Crippen LogP contribution >= 0.6 is 27.3 Å². The van der Waals surface area contributed by atoms with Crippen LogP contribution < -0.4 is 0 Å². The molecule has 228 valence electrons. The molecular weight excluding hydrogens is 666 g/mol. The van der Waals surface area contributed by atoms with Crippen molar-refractivity contribution < 1.29 is 0 Å². The van der Waals surface area contributed by atoms with Gasteiger partial charge in [-0.3, -0.25) is 0 Å². The fourth-order valence-corrected chi connectivity index (χ4v) is 10.4. The second-order valence-corrected chi connectivity index (χ2v) is 15.3. The van der Waals surface area contributed by atoms with Gasteiger partial charge in [-0.25, -0.2) is 0 Å². The first kappa shape index (κ1) is 28.1. The second kappa shape index (κ2) is 10.3. The van der Waals surface area contributed by atoms with Crippen LogP contribution in [0.15, 0.2) is 146 Å². The summed E-state index contributed by atoms with van der Waals surface area (Å²) in [7, 11) is 0. The molecule has 0 amide bonds. The quantitative estimate of drug-likeness (QED) is 0.173. The molecule has 0 saturated carbocycles. The van der Waals surface area contributed by atoms with E-state index >= 15 is 0 Å². The average molecular weight is 697 g/mol. The number of thiophene rings is 1. The van der Waals surface area contributed by atoms with E-state index in [1.54, 1.807) is 0 Å². The van der Waals surface area contributed by atoms with Crippen molar-refractivity contribution in [2.24, 2.45) is 0 Å². The van der Waals surface area contributed by atoms with Crippen molar-refractivity contribution in [3.8, 4) is 16.8 Å². The molecular formula is C45H30BrNS. The maximum absolute atomic E-state index is 4.12. The number of aromatic nitrogens is 1. The maximum atomic E-state index is 4.12. The predicted molar refractivity (Wildman–Crippen MR) is 212 cm³/mol. The highest BCUT2D eigenvalue weighted by Gasteiger charge is 2.38. The van der Waals surface area contributed by atoms with Gasteiger partial charge in [-0.1, -0.05) is 117 Å². The highest BCUT2D eigenvalue weighted by molar-refractivity contribution is 9.15. The standard InChI is InChI=1S/C45H30BrNS/c1-45(2)38-22-18-28(25-37(38)44(46)43(45)35-15-9-11-27-10-3-4-12-31(27)35)29-19-23-40-36(24-29)32-13-5-7-16-39(32)47(40)30-20-21-34-33-14-6-8-17-41(33)48-42(34)26-30/h3-26H,1-2H3. The molecule has 48 heavy (non-hydrogen) atoms. The van der Waals surface area contributed by atoms with Crippen molar-refractivity contribution in [1.82, 2.24) is 4.57 Å². The number of allylic oxidation sites excluding steroid dienone is 1. The minimum atomic E-state index is -0.135. The van der Waals surface area contributed by atoms with Crippen molar-refractivity contribution in [2.45, 2.75) is 19.3 Å². The molecule has 1 aliphatic rings. The van der Waals surface area contributed by atoms with Crippen LogP contribution in [0.4, 0.5) is 0 Å². The predicted octanol–water partition coefficient (Wildman–Crippen LogP) is 13.5. The van der Waals surface area contributed by atoms with Gasteiger partial charge in [0.15, 0.2) is 0 Å². The Bertz CT molecular complexity index is 2820. The van der Waals surface area contributed by atoms with Gasteiger partial charge in [-0.15, -0.1) is 11.3 Å². The lowest BCUT2D eigenvalue weighted by Gasteiger charge is -2.26. The van der Waals surface area contributed by atoms with E-state index in [0.29, 0.717) is 0 Å². The van der Waals surface area contributed by atoms with Crippen molar-refractivity contribution in [1.29, 1.82) is 0 Å². The lowest BCUT2D eigenvalue weighted by molar-refractivity contribution is 0.705. The van der Waals surface area contributed by atoms with E-state index in [9.17, 15) is 0 Å². The van der Waals surface area contributed by atoms with E-state index in [0.717, 1.165) is 0 Å². The molecule has 0 N–H and O–H groups in total. The Balaban J connectivity index is 1.13. The van der Waals surface area contributed by atoms with Gasteiger partial charge in [0.25, 0.3) is 0 Å². The topological polar surface area (TPSA) is 4.93 Å². The van der Waals surface area contributed by atoms with Crippen molar-refractivity contribution >= 4 is 90.1 Å². The van der Waals surface area contributed by atoms with Gasteiger partial charge in [0.05, 0.1) is 11.0 Å². The van der Waals surface area contributed by atoms with Crippen LogP contribution in [-0.2, 0) is 5.41 Å². The Morgan fingerprint density at radius 3 is 2.10 bits per heavy atom. The number of hydrogen-bond acceptors (Lipinski definition) is 1. The molecule has 7 aromatic carbocycles. The number of hydrogen-bond donors (Lipinski definition) is 0. The van der Waals surface area contributed by atoms with Crippen LogP contribution in [0.5, 0.6) is 0 Å². The van der Waals surface area contributed by atoms with Crippen molar-refractivity contribution in [3.63, 3.8) is 0 Å². The fraction of sp³-hybridized carbons (Fsp3) is 0.0667. The van der Waals surface area contributed by atoms with Gasteiger partial charge in [-0.05, 0) is 103 Å². The summed E-state index contributed by atoms with van der Waals surface area (Å²) in [5.41, 5.74) is 11.2. The summed E-state index contributed by atoms with van der Waals surface area (Å²) in [5.74, 6) is 0. The summed E-state index contributed by atoms with van der Waals surface area (Å²) in [6, 6.07) is 53.9. The summed E-state index contributed by atoms with van der Waals surface area (Å²) in [6.07, 6.45) is 0. The molecule has 2 aromatic heterocycles. The number of halogens is 1. The Morgan fingerprint density at radius 2 is 1.21 bits per heavy atom. The molecule has 1 aliphatic carbocycles. The summed E-state index contributed by atoms with van der Waals surface area (Å²) < 4.78 is 6.27. The molecule has 0 fully saturated rings. The highest BCUT2D eigenvalue weighted by Crippen LogP contribution is 2.55. The van der Waals surface area contributed by atoms with E-state index in [1.807, 2.05) is 11.3 Å². The Hall–Kier alpha value is -4.96. The molecule has 10 rings (SSSR count). The second-order valence-electron chi connectivity index (χ2n) is 13.5. The van der Waals surface area contributed by atoms with Gasteiger partial charge < -0.3 is 4.57 Å². The van der Waals surface area contributed by atoms with E-state index in [4.69, 9.17) is 0 Å². The van der Waals surface area contributed by atoms with Crippen LogP contribution in [0.3, 0.4) is 0 Å². The lowest BCUT2D eigenvalue weighted by Crippen LogP contribution is -2.16. The molecule has 3 heteroatoms. The molecule has 0 unspecified atom stereocenters. The van der Waals surface area contributed by atoms with Crippen LogP contribution in [0.1, 0.15) is 30.5 Å². The summed E-state index contributed by atoms with van der Waals surface area (Å²) in [6.45, 7) is 4.71. The summed E-state index contributed by atoms with van der Waals surface area (Å²) in [5, 5.41) is 7.76. The average Bonchev–Trinajstić information content (AvgIpc) is 3.72. The van der Waals surface area contributed by atoms with E-state index in [-0.39, 0.29) is 5.41 Å². The largest absolute Gasteiger partial charge is 0.309 e. The van der Waals surface area contributed by atoms with Gasteiger partial charge in [-0.2, -0.15) is 0 Å². The fourth-order valence-electron chi connectivity index (χ4n) is 8.18. The van der Waals surface area contributed by atoms with Crippen LogP contribution in [0.2, 0.25) is 0 Å². The first-order valence-corrected chi connectivity index (χ1v) is 18.1. The number of nitrogens with zero attached hydrogens (tertiary/aromatic N) is 1. The molecule has 0 radical (unpaired) electrons. The number of rotatable bonds is 3. The zero-order valence-corrected chi connectivity index (χ0v) is 29.0. The summed E-state index contributed by atoms with van der Waals surface area (Å²) >= 11 is 5.99. The lowest BCUT2D eigenvalue weighted by atomic mass is 9.77. The third-order valence-corrected chi connectivity index (χ3v) is 12.4. The SMILES string of the molecule is CC1(C)C(c2cccc3ccccc23)=C(Br)c2cc(-c3ccc4c(c3)c3ccccc3n4-c3ccc4c(c3)sc3ccccc34)ccc21. The molecule has 2 heterocycles. The minimum Gasteiger partial charge on any atom is -0.309 e. The van der Waals surface area contributed by atoms with Crippen LogP contribution in [0, 0.1) is 0 Å². The third kappa shape index (κ3) is 3.95. The first-order valence-electron chi connectivity index (χ1n) is 16.5. The Morgan fingerprint density at radius 1 is 0.521 bits per heavy atom. The van der Waals surface area contributed by atoms with Crippen molar-refractivity contribution in [3.05, 3.63) is 162 Å². The third-order valence-electron chi connectivity index (χ3n) is 10.5. The zero-order chi connectivity index (χ0) is 32.1. The number of benzene rings is 7. The van der Waals surface area contributed by atoms with Gasteiger partial charge in [0.1, 0.15) is 0 Å². The zero-order valence-electron chi connectivity index (χ0n) is 26.6. The summed E-state index contributed by atoms with van der Waals surface area (Å²) in [4.78, 5) is 0. The van der Waals surface area contributed by atoms with Gasteiger partial charge in [0, 0.05) is 46.5 Å². The number of para-hydroxylation sites is 1. The minimum absolute atomic E-state index is 0.135. The Kier molecular flexibility index (Phi) is 6.01. The normalized spacial score (nSPS) is 14.2. The van der Waals surface area contributed by atoms with E-state index in [2.05, 4.69) is 180 Å². The molecule has 1 nitrogen and oxygen atoms in total.